The van der Waals surface area contributed by atoms with E-state index in [9.17, 15) is 15.3 Å². The van der Waals surface area contributed by atoms with E-state index in [0.29, 0.717) is 19.8 Å². The summed E-state index contributed by atoms with van der Waals surface area (Å²) in [6.45, 7) is 3.02. The van der Waals surface area contributed by atoms with Gasteiger partial charge >= 0.3 is 0 Å². The second-order valence-electron chi connectivity index (χ2n) is 3.95. The van der Waals surface area contributed by atoms with Crippen molar-refractivity contribution in [3.63, 3.8) is 0 Å². The Labute approximate surface area is 100 Å². The second kappa shape index (κ2) is 7.22. The Morgan fingerprint density at radius 3 is 2.41 bits per heavy atom. The molecular formula is C10H21NO6. The van der Waals surface area contributed by atoms with E-state index in [4.69, 9.17) is 19.9 Å². The minimum atomic E-state index is -1.27. The molecule has 1 saturated heterocycles. The van der Waals surface area contributed by atoms with Crippen molar-refractivity contribution in [3.05, 3.63) is 0 Å². The molecule has 0 aromatic carbocycles. The first-order chi connectivity index (χ1) is 8.07. The number of hydrogen-bond donors (Lipinski definition) is 4. The number of hydrogen-bond acceptors (Lipinski definition) is 7. The summed E-state index contributed by atoms with van der Waals surface area (Å²) in [6, 6.07) is 0. The summed E-state index contributed by atoms with van der Waals surface area (Å²) in [6.07, 6.45) is -5.20. The fourth-order valence-corrected chi connectivity index (χ4v) is 1.56. The molecule has 1 aliphatic heterocycles. The Kier molecular flexibility index (Phi) is 6.28. The predicted octanol–water partition coefficient (Wildman–Crippen LogP) is -2.19. The van der Waals surface area contributed by atoms with E-state index in [1.165, 1.54) is 0 Å². The van der Waals surface area contributed by atoms with E-state index >= 15 is 0 Å². The third kappa shape index (κ3) is 4.14. The second-order valence-corrected chi connectivity index (χ2v) is 3.95. The lowest BCUT2D eigenvalue weighted by molar-refractivity contribution is -0.294. The van der Waals surface area contributed by atoms with Crippen LogP contribution in [0, 0.1) is 0 Å². The summed E-state index contributed by atoms with van der Waals surface area (Å²) in [4.78, 5) is 0. The monoisotopic (exact) mass is 251 g/mol. The molecular weight excluding hydrogens is 230 g/mol. The van der Waals surface area contributed by atoms with Gasteiger partial charge in [0.05, 0.1) is 25.9 Å². The molecule has 1 heterocycles. The van der Waals surface area contributed by atoms with E-state index < -0.39 is 30.7 Å². The van der Waals surface area contributed by atoms with Gasteiger partial charge in [-0.3, -0.25) is 0 Å². The zero-order chi connectivity index (χ0) is 12.8. The van der Waals surface area contributed by atoms with Crippen molar-refractivity contribution in [2.24, 2.45) is 5.73 Å². The number of aliphatic hydroxyl groups excluding tert-OH is 3. The molecule has 1 rings (SSSR count). The first-order valence-electron chi connectivity index (χ1n) is 5.67. The lowest BCUT2D eigenvalue weighted by atomic mass is 10.0. The van der Waals surface area contributed by atoms with Gasteiger partial charge in [0.15, 0.2) is 6.29 Å². The van der Waals surface area contributed by atoms with Gasteiger partial charge in [-0.15, -0.1) is 0 Å². The van der Waals surface area contributed by atoms with Crippen LogP contribution in [0.15, 0.2) is 0 Å². The van der Waals surface area contributed by atoms with Gasteiger partial charge in [0.1, 0.15) is 18.3 Å². The molecule has 0 aromatic rings. The van der Waals surface area contributed by atoms with Crippen LogP contribution in [0.2, 0.25) is 0 Å². The lowest BCUT2D eigenvalue weighted by Crippen LogP contribution is -2.57. The topological polar surface area (TPSA) is 114 Å². The summed E-state index contributed by atoms with van der Waals surface area (Å²) in [5.41, 5.74) is 5.24. The van der Waals surface area contributed by atoms with Crippen LogP contribution in [0.4, 0.5) is 0 Å². The highest BCUT2D eigenvalue weighted by atomic mass is 16.7. The zero-order valence-corrected chi connectivity index (χ0v) is 9.86. The fraction of sp³-hybridized carbons (Fsp3) is 1.00. The molecule has 0 amide bonds. The number of aliphatic hydroxyl groups is 3. The SMILES string of the molecule is C[C@@H]1O[C@@H](OCCOCCN)[C@H](O)[C@@H](O)[C@H]1O. The normalized spacial score (nSPS) is 38.3. The summed E-state index contributed by atoms with van der Waals surface area (Å²) in [5.74, 6) is 0. The Morgan fingerprint density at radius 2 is 1.76 bits per heavy atom. The molecule has 1 aliphatic rings. The van der Waals surface area contributed by atoms with Gasteiger partial charge in [-0.05, 0) is 6.92 Å². The third-order valence-corrected chi connectivity index (χ3v) is 2.58. The molecule has 7 heteroatoms. The van der Waals surface area contributed by atoms with Crippen LogP contribution in [-0.2, 0) is 14.2 Å². The molecule has 5 atom stereocenters. The summed E-state index contributed by atoms with van der Waals surface area (Å²) in [5, 5.41) is 28.6. The van der Waals surface area contributed by atoms with Crippen molar-refractivity contribution in [2.75, 3.05) is 26.4 Å². The van der Waals surface area contributed by atoms with Crippen LogP contribution in [-0.4, -0.2) is 72.4 Å². The molecule has 1 fully saturated rings. The molecule has 0 unspecified atom stereocenters. The van der Waals surface area contributed by atoms with Gasteiger partial charge in [0.25, 0.3) is 0 Å². The van der Waals surface area contributed by atoms with E-state index in [0.717, 1.165) is 0 Å². The predicted molar refractivity (Wildman–Crippen MR) is 58.2 cm³/mol. The quantitative estimate of drug-likeness (QED) is 0.396. The fourth-order valence-electron chi connectivity index (χ4n) is 1.56. The molecule has 0 bridgehead atoms. The maximum absolute atomic E-state index is 9.61. The molecule has 0 radical (unpaired) electrons. The zero-order valence-electron chi connectivity index (χ0n) is 9.86. The highest BCUT2D eigenvalue weighted by Crippen LogP contribution is 2.21. The molecule has 7 nitrogen and oxygen atoms in total. The van der Waals surface area contributed by atoms with Gasteiger partial charge in [0, 0.05) is 6.54 Å². The van der Waals surface area contributed by atoms with Gasteiger partial charge < -0.3 is 35.3 Å². The van der Waals surface area contributed by atoms with Crippen LogP contribution in [0.3, 0.4) is 0 Å². The van der Waals surface area contributed by atoms with E-state index in [1.807, 2.05) is 0 Å². The Morgan fingerprint density at radius 1 is 1.06 bits per heavy atom. The average Bonchev–Trinajstić information content (AvgIpc) is 2.32. The Balaban J connectivity index is 2.28. The van der Waals surface area contributed by atoms with Gasteiger partial charge in [0.2, 0.25) is 0 Å². The van der Waals surface area contributed by atoms with Crippen LogP contribution >= 0.6 is 0 Å². The van der Waals surface area contributed by atoms with Gasteiger partial charge in [-0.2, -0.15) is 0 Å². The molecule has 17 heavy (non-hydrogen) atoms. The van der Waals surface area contributed by atoms with E-state index in [-0.39, 0.29) is 6.61 Å². The number of nitrogens with two attached hydrogens (primary N) is 1. The van der Waals surface area contributed by atoms with Gasteiger partial charge in [-0.25, -0.2) is 0 Å². The van der Waals surface area contributed by atoms with Crippen molar-refractivity contribution < 1.29 is 29.5 Å². The molecule has 0 aliphatic carbocycles. The average molecular weight is 251 g/mol. The largest absolute Gasteiger partial charge is 0.388 e. The lowest BCUT2D eigenvalue weighted by Gasteiger charge is -2.38. The first kappa shape index (κ1) is 14.8. The van der Waals surface area contributed by atoms with Crippen LogP contribution in [0.1, 0.15) is 6.92 Å². The molecule has 102 valence electrons. The highest BCUT2D eigenvalue weighted by Gasteiger charge is 2.42. The molecule has 0 saturated carbocycles. The Hall–Kier alpha value is -0.280. The van der Waals surface area contributed by atoms with Crippen molar-refractivity contribution in [1.29, 1.82) is 0 Å². The van der Waals surface area contributed by atoms with Crippen molar-refractivity contribution in [2.45, 2.75) is 37.6 Å². The molecule has 0 spiro atoms. The number of rotatable bonds is 6. The molecule has 5 N–H and O–H groups in total. The smallest absolute Gasteiger partial charge is 0.186 e. The van der Waals surface area contributed by atoms with Crippen LogP contribution < -0.4 is 5.73 Å². The van der Waals surface area contributed by atoms with E-state index in [1.54, 1.807) is 6.92 Å². The van der Waals surface area contributed by atoms with E-state index in [2.05, 4.69) is 0 Å². The maximum Gasteiger partial charge on any atom is 0.186 e. The highest BCUT2D eigenvalue weighted by molar-refractivity contribution is 4.87. The maximum atomic E-state index is 9.61. The van der Waals surface area contributed by atoms with Crippen molar-refractivity contribution >= 4 is 0 Å². The Bertz CT molecular complexity index is 217. The summed E-state index contributed by atoms with van der Waals surface area (Å²) >= 11 is 0. The minimum absolute atomic E-state index is 0.220. The summed E-state index contributed by atoms with van der Waals surface area (Å²) in [7, 11) is 0. The van der Waals surface area contributed by atoms with Crippen molar-refractivity contribution in [3.8, 4) is 0 Å². The minimum Gasteiger partial charge on any atom is -0.388 e. The van der Waals surface area contributed by atoms with Crippen LogP contribution in [0.25, 0.3) is 0 Å². The first-order valence-corrected chi connectivity index (χ1v) is 5.67. The third-order valence-electron chi connectivity index (χ3n) is 2.58. The van der Waals surface area contributed by atoms with Gasteiger partial charge in [-0.1, -0.05) is 0 Å². The van der Waals surface area contributed by atoms with Crippen molar-refractivity contribution in [1.82, 2.24) is 0 Å². The molecule has 0 aromatic heterocycles. The number of ether oxygens (including phenoxy) is 3. The van der Waals surface area contributed by atoms with Crippen LogP contribution in [0.5, 0.6) is 0 Å². The standard InChI is InChI=1S/C10H21NO6/c1-6-7(12)8(13)9(14)10(17-6)16-5-4-15-3-2-11/h6-10,12-14H,2-5,11H2,1H3/t6-,7-,8-,9+,10+/m0/s1. The summed E-state index contributed by atoms with van der Waals surface area (Å²) < 4.78 is 15.5.